The van der Waals surface area contributed by atoms with E-state index < -0.39 is 5.97 Å². The minimum absolute atomic E-state index is 0.214. The topological polar surface area (TPSA) is 46.5 Å². The number of methoxy groups -OCH3 is 1. The zero-order valence-corrected chi connectivity index (χ0v) is 11.5. The first-order chi connectivity index (χ1) is 9.61. The third kappa shape index (κ3) is 3.06. The van der Waals surface area contributed by atoms with Crippen molar-refractivity contribution >= 4 is 17.6 Å². The highest BCUT2D eigenvalue weighted by molar-refractivity contribution is 6.21. The molecule has 2 aromatic rings. The molecule has 0 amide bonds. The lowest BCUT2D eigenvalue weighted by atomic mass is 10.0. The van der Waals surface area contributed by atoms with Crippen LogP contribution in [0.4, 0.5) is 0 Å². The molecule has 0 aliphatic heterocycles. The standard InChI is InChI=1S/C17H16O3/c1-12-7-9-13(10-8-12)11-15(17(18)19)14-5-3-4-6-16(14)20-2/h3-11H,1-2H3,(H,18,19)/b15-11+. The lowest BCUT2D eigenvalue weighted by Gasteiger charge is -2.09. The number of ether oxygens (including phenoxy) is 1. The number of carboxylic acids is 1. The number of rotatable bonds is 4. The predicted molar refractivity (Wildman–Crippen MR) is 79.7 cm³/mol. The maximum absolute atomic E-state index is 11.5. The molecule has 0 bridgehead atoms. The second-order valence-corrected chi connectivity index (χ2v) is 4.47. The van der Waals surface area contributed by atoms with Gasteiger partial charge in [-0.2, -0.15) is 0 Å². The molecular formula is C17H16O3. The highest BCUT2D eigenvalue weighted by atomic mass is 16.5. The van der Waals surface area contributed by atoms with E-state index in [2.05, 4.69) is 0 Å². The number of benzene rings is 2. The van der Waals surface area contributed by atoms with Gasteiger partial charge in [0.1, 0.15) is 5.75 Å². The van der Waals surface area contributed by atoms with Crippen LogP contribution in [0.3, 0.4) is 0 Å². The van der Waals surface area contributed by atoms with E-state index in [4.69, 9.17) is 4.74 Å². The number of hydrogen-bond donors (Lipinski definition) is 1. The minimum Gasteiger partial charge on any atom is -0.496 e. The van der Waals surface area contributed by atoms with E-state index in [1.165, 1.54) is 7.11 Å². The van der Waals surface area contributed by atoms with Crippen LogP contribution in [0.2, 0.25) is 0 Å². The van der Waals surface area contributed by atoms with Gasteiger partial charge in [-0.05, 0) is 24.6 Å². The first kappa shape index (κ1) is 13.9. The molecule has 3 nitrogen and oxygen atoms in total. The first-order valence-corrected chi connectivity index (χ1v) is 6.27. The van der Waals surface area contributed by atoms with E-state index in [1.54, 1.807) is 24.3 Å². The number of aliphatic carboxylic acids is 1. The normalized spacial score (nSPS) is 11.2. The monoisotopic (exact) mass is 268 g/mol. The van der Waals surface area contributed by atoms with Crippen molar-refractivity contribution in [2.24, 2.45) is 0 Å². The van der Waals surface area contributed by atoms with Gasteiger partial charge in [0.25, 0.3) is 0 Å². The summed E-state index contributed by atoms with van der Waals surface area (Å²) in [4.78, 5) is 11.5. The Morgan fingerprint density at radius 3 is 2.35 bits per heavy atom. The second-order valence-electron chi connectivity index (χ2n) is 4.47. The van der Waals surface area contributed by atoms with Crippen LogP contribution in [0.5, 0.6) is 5.75 Å². The van der Waals surface area contributed by atoms with E-state index in [0.717, 1.165) is 11.1 Å². The molecule has 0 saturated carbocycles. The van der Waals surface area contributed by atoms with Gasteiger partial charge in [-0.15, -0.1) is 0 Å². The first-order valence-electron chi connectivity index (χ1n) is 6.27. The molecule has 0 aliphatic rings. The molecule has 0 unspecified atom stereocenters. The van der Waals surface area contributed by atoms with Gasteiger partial charge in [0.2, 0.25) is 0 Å². The van der Waals surface area contributed by atoms with Crippen molar-refractivity contribution in [3.63, 3.8) is 0 Å². The predicted octanol–water partition coefficient (Wildman–Crippen LogP) is 3.63. The van der Waals surface area contributed by atoms with Crippen molar-refractivity contribution in [1.29, 1.82) is 0 Å². The number of hydrogen-bond acceptors (Lipinski definition) is 2. The Balaban J connectivity index is 2.51. The second kappa shape index (κ2) is 6.06. The van der Waals surface area contributed by atoms with Gasteiger partial charge in [-0.1, -0.05) is 48.0 Å². The van der Waals surface area contributed by atoms with Crippen molar-refractivity contribution in [1.82, 2.24) is 0 Å². The largest absolute Gasteiger partial charge is 0.496 e. The van der Waals surface area contributed by atoms with Gasteiger partial charge in [0, 0.05) is 5.56 Å². The number of carbonyl (C=O) groups is 1. The highest BCUT2D eigenvalue weighted by Crippen LogP contribution is 2.27. The molecule has 0 heterocycles. The van der Waals surface area contributed by atoms with Crippen LogP contribution < -0.4 is 4.74 Å². The molecule has 0 aromatic heterocycles. The maximum atomic E-state index is 11.5. The van der Waals surface area contributed by atoms with Gasteiger partial charge in [-0.3, -0.25) is 0 Å². The molecule has 2 aromatic carbocycles. The summed E-state index contributed by atoms with van der Waals surface area (Å²) in [6.07, 6.45) is 1.65. The molecule has 3 heteroatoms. The summed E-state index contributed by atoms with van der Waals surface area (Å²) in [6.45, 7) is 1.99. The van der Waals surface area contributed by atoms with Crippen LogP contribution >= 0.6 is 0 Å². The van der Waals surface area contributed by atoms with Crippen molar-refractivity contribution in [2.75, 3.05) is 7.11 Å². The lowest BCUT2D eigenvalue weighted by Crippen LogP contribution is -2.01. The summed E-state index contributed by atoms with van der Waals surface area (Å²) < 4.78 is 5.23. The Labute approximate surface area is 118 Å². The molecular weight excluding hydrogens is 252 g/mol. The van der Waals surface area contributed by atoms with Crippen LogP contribution in [-0.4, -0.2) is 18.2 Å². The van der Waals surface area contributed by atoms with Crippen LogP contribution in [-0.2, 0) is 4.79 Å². The Morgan fingerprint density at radius 2 is 1.75 bits per heavy atom. The van der Waals surface area contributed by atoms with E-state index >= 15 is 0 Å². The molecule has 2 rings (SSSR count). The van der Waals surface area contributed by atoms with Crippen LogP contribution in [0.15, 0.2) is 48.5 Å². The van der Waals surface area contributed by atoms with Crippen molar-refractivity contribution in [3.05, 3.63) is 65.2 Å². The summed E-state index contributed by atoms with van der Waals surface area (Å²) in [5.41, 5.74) is 2.77. The summed E-state index contributed by atoms with van der Waals surface area (Å²) in [6, 6.07) is 14.8. The van der Waals surface area contributed by atoms with Crippen LogP contribution in [0.25, 0.3) is 11.6 Å². The third-order valence-corrected chi connectivity index (χ3v) is 3.02. The third-order valence-electron chi connectivity index (χ3n) is 3.02. The molecule has 0 radical (unpaired) electrons. The Bertz CT molecular complexity index is 640. The van der Waals surface area contributed by atoms with Crippen molar-refractivity contribution in [3.8, 4) is 5.75 Å². The van der Waals surface area contributed by atoms with E-state index in [-0.39, 0.29) is 5.57 Å². The summed E-state index contributed by atoms with van der Waals surface area (Å²) in [7, 11) is 1.53. The molecule has 0 atom stereocenters. The zero-order chi connectivity index (χ0) is 14.5. The van der Waals surface area contributed by atoms with Crippen molar-refractivity contribution in [2.45, 2.75) is 6.92 Å². The molecule has 0 fully saturated rings. The average Bonchev–Trinajstić information content (AvgIpc) is 2.46. The van der Waals surface area contributed by atoms with Gasteiger partial charge < -0.3 is 9.84 Å². The molecule has 0 saturated heterocycles. The maximum Gasteiger partial charge on any atom is 0.336 e. The summed E-state index contributed by atoms with van der Waals surface area (Å²) in [5, 5.41) is 9.44. The summed E-state index contributed by atoms with van der Waals surface area (Å²) in [5.74, 6) is -0.427. The number of carboxylic acid groups (broad SMARTS) is 1. The molecule has 1 N–H and O–H groups in total. The smallest absolute Gasteiger partial charge is 0.336 e. The fourth-order valence-corrected chi connectivity index (χ4v) is 1.95. The van der Waals surface area contributed by atoms with Crippen molar-refractivity contribution < 1.29 is 14.6 Å². The van der Waals surface area contributed by atoms with E-state index in [9.17, 15) is 9.90 Å². The van der Waals surface area contributed by atoms with E-state index in [1.807, 2.05) is 37.3 Å². The van der Waals surface area contributed by atoms with Gasteiger partial charge in [-0.25, -0.2) is 4.79 Å². The molecule has 102 valence electrons. The fraction of sp³-hybridized carbons (Fsp3) is 0.118. The minimum atomic E-state index is -0.977. The Morgan fingerprint density at radius 1 is 1.10 bits per heavy atom. The number of para-hydroxylation sites is 1. The van der Waals surface area contributed by atoms with Gasteiger partial charge in [0.05, 0.1) is 12.7 Å². The van der Waals surface area contributed by atoms with E-state index in [0.29, 0.717) is 11.3 Å². The molecule has 0 aliphatic carbocycles. The van der Waals surface area contributed by atoms with Gasteiger partial charge >= 0.3 is 5.97 Å². The Kier molecular flexibility index (Phi) is 4.20. The molecule has 20 heavy (non-hydrogen) atoms. The SMILES string of the molecule is COc1ccccc1/C(=C\c1ccc(C)cc1)C(=O)O. The highest BCUT2D eigenvalue weighted by Gasteiger charge is 2.14. The quantitative estimate of drug-likeness (QED) is 0.680. The van der Waals surface area contributed by atoms with Gasteiger partial charge in [0.15, 0.2) is 0 Å². The number of aryl methyl sites for hydroxylation is 1. The zero-order valence-electron chi connectivity index (χ0n) is 11.5. The molecule has 0 spiro atoms. The average molecular weight is 268 g/mol. The van der Waals surface area contributed by atoms with Crippen LogP contribution in [0.1, 0.15) is 16.7 Å². The fourth-order valence-electron chi connectivity index (χ4n) is 1.95. The Hall–Kier alpha value is -2.55. The lowest BCUT2D eigenvalue weighted by molar-refractivity contribution is -0.130. The summed E-state index contributed by atoms with van der Waals surface area (Å²) >= 11 is 0. The van der Waals surface area contributed by atoms with Crippen LogP contribution in [0, 0.1) is 6.92 Å².